The van der Waals surface area contributed by atoms with E-state index in [0.717, 1.165) is 55.4 Å². The summed E-state index contributed by atoms with van der Waals surface area (Å²) in [5, 5.41) is 13.2. The lowest BCUT2D eigenvalue weighted by Crippen LogP contribution is -2.49. The minimum absolute atomic E-state index is 0.0844. The van der Waals surface area contributed by atoms with Gasteiger partial charge in [0.1, 0.15) is 5.00 Å². The second kappa shape index (κ2) is 7.26. The molecule has 5 rings (SSSR count). The fourth-order valence-corrected chi connectivity index (χ4v) is 6.57. The standard InChI is InChI=1S/C20H25NO5S/c1-2-26-20(25)16-12-4-3-5-13(12)27-18(16)21-17(22)14-10-6-8-11(9-7-10)15(14)19(23)24/h10-11,14-15H,2-9H2,1H3,(H,21,22)(H,23,24)/t10?,11?,14-,15+/m0/s1. The van der Waals surface area contributed by atoms with Crippen LogP contribution in [0.4, 0.5) is 5.00 Å². The van der Waals surface area contributed by atoms with Crippen LogP contribution in [-0.4, -0.2) is 29.6 Å². The van der Waals surface area contributed by atoms with Crippen molar-refractivity contribution in [3.63, 3.8) is 0 Å². The van der Waals surface area contributed by atoms with Crippen LogP contribution in [0.2, 0.25) is 0 Å². The van der Waals surface area contributed by atoms with E-state index in [2.05, 4.69) is 5.32 Å². The number of rotatable bonds is 5. The van der Waals surface area contributed by atoms with Gasteiger partial charge in [0.25, 0.3) is 0 Å². The van der Waals surface area contributed by atoms with Crippen LogP contribution in [0, 0.1) is 23.7 Å². The smallest absolute Gasteiger partial charge is 0.341 e. The SMILES string of the molecule is CCOC(=O)c1c(NC(=O)[C@H]2C3CCC(CC3)[C@H]2C(=O)O)sc2c1CCC2. The summed E-state index contributed by atoms with van der Waals surface area (Å²) in [6, 6.07) is 0. The van der Waals surface area contributed by atoms with Crippen molar-refractivity contribution in [1.82, 2.24) is 0 Å². The Bertz CT molecular complexity index is 778. The molecule has 1 heterocycles. The lowest BCUT2D eigenvalue weighted by Gasteiger charge is -2.45. The molecule has 0 radical (unpaired) electrons. The average Bonchev–Trinajstić information content (AvgIpc) is 3.22. The highest BCUT2D eigenvalue weighted by Gasteiger charge is 2.50. The lowest BCUT2D eigenvalue weighted by atomic mass is 9.58. The molecule has 1 amide bonds. The number of thiophene rings is 1. The second-order valence-electron chi connectivity index (χ2n) is 7.84. The molecule has 0 unspecified atom stereocenters. The number of amides is 1. The van der Waals surface area contributed by atoms with E-state index in [1.807, 2.05) is 0 Å². The minimum Gasteiger partial charge on any atom is -0.481 e. The van der Waals surface area contributed by atoms with Crippen LogP contribution in [0.1, 0.15) is 59.8 Å². The molecule has 1 aromatic heterocycles. The number of hydrogen-bond donors (Lipinski definition) is 2. The number of fused-ring (bicyclic) bond motifs is 4. The van der Waals surface area contributed by atoms with Gasteiger partial charge in [-0.25, -0.2) is 4.79 Å². The average molecular weight is 391 g/mol. The topological polar surface area (TPSA) is 92.7 Å². The van der Waals surface area contributed by atoms with Crippen LogP contribution in [0.15, 0.2) is 0 Å². The maximum atomic E-state index is 13.1. The number of hydrogen-bond acceptors (Lipinski definition) is 5. The first-order valence-electron chi connectivity index (χ1n) is 9.86. The summed E-state index contributed by atoms with van der Waals surface area (Å²) in [5.41, 5.74) is 1.48. The molecule has 4 aliphatic carbocycles. The Morgan fingerprint density at radius 1 is 1.11 bits per heavy atom. The summed E-state index contributed by atoms with van der Waals surface area (Å²) in [7, 11) is 0. The number of esters is 1. The third-order valence-electron chi connectivity index (χ3n) is 6.44. The van der Waals surface area contributed by atoms with E-state index in [1.165, 1.54) is 11.3 Å². The van der Waals surface area contributed by atoms with Crippen LogP contribution in [0.25, 0.3) is 0 Å². The highest BCUT2D eigenvalue weighted by atomic mass is 32.1. The maximum Gasteiger partial charge on any atom is 0.341 e. The van der Waals surface area contributed by atoms with Gasteiger partial charge in [-0.1, -0.05) is 0 Å². The van der Waals surface area contributed by atoms with Gasteiger partial charge in [-0.15, -0.1) is 11.3 Å². The molecule has 2 atom stereocenters. The molecular formula is C20H25NO5S. The summed E-state index contributed by atoms with van der Waals surface area (Å²) in [4.78, 5) is 38.6. The molecule has 4 aliphatic rings. The maximum absolute atomic E-state index is 13.1. The summed E-state index contributed by atoms with van der Waals surface area (Å²) < 4.78 is 5.21. The number of carbonyl (C=O) groups excluding carboxylic acids is 2. The van der Waals surface area contributed by atoms with Crippen molar-refractivity contribution >= 4 is 34.2 Å². The third-order valence-corrected chi connectivity index (χ3v) is 7.65. The zero-order valence-electron chi connectivity index (χ0n) is 15.5. The molecule has 27 heavy (non-hydrogen) atoms. The highest BCUT2D eigenvalue weighted by Crippen LogP contribution is 2.50. The molecule has 0 spiro atoms. The molecule has 2 N–H and O–H groups in total. The van der Waals surface area contributed by atoms with Gasteiger partial charge in [-0.05, 0) is 69.3 Å². The third kappa shape index (κ3) is 3.16. The largest absolute Gasteiger partial charge is 0.481 e. The zero-order valence-corrected chi connectivity index (χ0v) is 16.3. The number of nitrogens with one attached hydrogen (secondary N) is 1. The Labute approximate surface area is 162 Å². The number of aryl methyl sites for hydroxylation is 1. The van der Waals surface area contributed by atoms with Gasteiger partial charge < -0.3 is 15.2 Å². The molecule has 3 fully saturated rings. The molecule has 3 saturated carbocycles. The Morgan fingerprint density at radius 2 is 1.78 bits per heavy atom. The molecule has 2 bridgehead atoms. The predicted molar refractivity (Wildman–Crippen MR) is 101 cm³/mol. The van der Waals surface area contributed by atoms with E-state index in [1.54, 1.807) is 6.92 Å². The van der Waals surface area contributed by atoms with Crippen LogP contribution in [0.5, 0.6) is 0 Å². The highest BCUT2D eigenvalue weighted by molar-refractivity contribution is 7.17. The van der Waals surface area contributed by atoms with Gasteiger partial charge in [0.05, 0.1) is 24.0 Å². The zero-order chi connectivity index (χ0) is 19.1. The van der Waals surface area contributed by atoms with Gasteiger partial charge in [-0.3, -0.25) is 9.59 Å². The van der Waals surface area contributed by atoms with Crippen LogP contribution in [0.3, 0.4) is 0 Å². The molecule has 146 valence electrons. The Morgan fingerprint density at radius 3 is 2.41 bits per heavy atom. The second-order valence-corrected chi connectivity index (χ2v) is 8.94. The van der Waals surface area contributed by atoms with Crippen molar-refractivity contribution in [2.75, 3.05) is 11.9 Å². The van der Waals surface area contributed by atoms with Crippen molar-refractivity contribution in [1.29, 1.82) is 0 Å². The lowest BCUT2D eigenvalue weighted by molar-refractivity contribution is -0.156. The first-order chi connectivity index (χ1) is 13.0. The van der Waals surface area contributed by atoms with E-state index in [0.29, 0.717) is 10.6 Å². The number of aliphatic carboxylic acids is 1. The van der Waals surface area contributed by atoms with Crippen molar-refractivity contribution in [2.45, 2.75) is 51.9 Å². The summed E-state index contributed by atoms with van der Waals surface area (Å²) in [6.07, 6.45) is 6.36. The van der Waals surface area contributed by atoms with E-state index < -0.39 is 23.8 Å². The first kappa shape index (κ1) is 18.5. The quantitative estimate of drug-likeness (QED) is 0.750. The number of carboxylic acid groups (broad SMARTS) is 1. The molecular weight excluding hydrogens is 366 g/mol. The monoisotopic (exact) mass is 391 g/mol. The normalized spacial score (nSPS) is 28.6. The number of carbonyl (C=O) groups is 3. The van der Waals surface area contributed by atoms with Crippen LogP contribution < -0.4 is 5.32 Å². The predicted octanol–water partition coefficient (Wildman–Crippen LogP) is 3.49. The Kier molecular flexibility index (Phi) is 4.97. The fraction of sp³-hybridized carbons (Fsp3) is 0.650. The Balaban J connectivity index is 1.61. The van der Waals surface area contributed by atoms with Crippen molar-refractivity contribution in [3.8, 4) is 0 Å². The van der Waals surface area contributed by atoms with Crippen LogP contribution in [-0.2, 0) is 27.2 Å². The van der Waals surface area contributed by atoms with Gasteiger partial charge >= 0.3 is 11.9 Å². The molecule has 7 heteroatoms. The van der Waals surface area contributed by atoms with Gasteiger partial charge in [0, 0.05) is 4.88 Å². The van der Waals surface area contributed by atoms with E-state index in [9.17, 15) is 19.5 Å². The van der Waals surface area contributed by atoms with Crippen molar-refractivity contribution in [3.05, 3.63) is 16.0 Å². The van der Waals surface area contributed by atoms with E-state index in [-0.39, 0.29) is 24.3 Å². The van der Waals surface area contributed by atoms with Crippen LogP contribution >= 0.6 is 11.3 Å². The minimum atomic E-state index is -0.871. The fourth-order valence-electron chi connectivity index (χ4n) is 5.29. The van der Waals surface area contributed by atoms with E-state index >= 15 is 0 Å². The number of carboxylic acids is 1. The molecule has 0 aliphatic heterocycles. The number of ether oxygens (including phenoxy) is 1. The summed E-state index contributed by atoms with van der Waals surface area (Å²) >= 11 is 1.44. The number of anilines is 1. The van der Waals surface area contributed by atoms with Gasteiger partial charge in [-0.2, -0.15) is 0 Å². The van der Waals surface area contributed by atoms with Crippen molar-refractivity contribution < 1.29 is 24.2 Å². The van der Waals surface area contributed by atoms with E-state index in [4.69, 9.17) is 4.74 Å². The molecule has 0 saturated heterocycles. The summed E-state index contributed by atoms with van der Waals surface area (Å²) in [6.45, 7) is 2.04. The molecule has 0 aromatic carbocycles. The first-order valence-corrected chi connectivity index (χ1v) is 10.7. The summed E-state index contributed by atoms with van der Waals surface area (Å²) in [5.74, 6) is -2.44. The molecule has 6 nitrogen and oxygen atoms in total. The molecule has 1 aromatic rings. The Hall–Kier alpha value is -1.89. The van der Waals surface area contributed by atoms with Crippen molar-refractivity contribution in [2.24, 2.45) is 23.7 Å². The van der Waals surface area contributed by atoms with Gasteiger partial charge in [0.2, 0.25) is 5.91 Å². The van der Waals surface area contributed by atoms with Gasteiger partial charge in [0.15, 0.2) is 0 Å².